The molecule has 9 heteroatoms. The molecular weight excluding hydrogens is 448 g/mol. The fraction of sp³-hybridized carbons (Fsp3) is 0.304. The number of fused-ring (bicyclic) bond motifs is 1. The van der Waals surface area contributed by atoms with Crippen LogP contribution in [-0.4, -0.2) is 33.9 Å². The van der Waals surface area contributed by atoms with E-state index in [-0.39, 0.29) is 23.1 Å². The summed E-state index contributed by atoms with van der Waals surface area (Å²) >= 11 is 7.40. The number of thioether (sulfide) groups is 1. The first kappa shape index (κ1) is 23.6. The highest BCUT2D eigenvalue weighted by Crippen LogP contribution is 2.28. The lowest BCUT2D eigenvalue weighted by atomic mass is 9.90. The summed E-state index contributed by atoms with van der Waals surface area (Å²) in [5.41, 5.74) is -0.229. The summed E-state index contributed by atoms with van der Waals surface area (Å²) in [7, 11) is 1.51. The SMILES string of the molecule is COc1ccc(-n2c(SCC(=O)N[C@@](C)(C#N)C(C)C)nc3ccccc3c2=O)cc1Cl. The highest BCUT2D eigenvalue weighted by atomic mass is 35.5. The van der Waals surface area contributed by atoms with E-state index in [1.54, 1.807) is 49.4 Å². The van der Waals surface area contributed by atoms with E-state index in [1.807, 2.05) is 13.8 Å². The highest BCUT2D eigenvalue weighted by Gasteiger charge is 2.30. The average Bonchev–Trinajstić information content (AvgIpc) is 2.77. The van der Waals surface area contributed by atoms with E-state index in [0.717, 1.165) is 11.8 Å². The Morgan fingerprint density at radius 1 is 1.34 bits per heavy atom. The number of hydrogen-bond acceptors (Lipinski definition) is 6. The van der Waals surface area contributed by atoms with Crippen molar-refractivity contribution >= 4 is 40.2 Å². The molecule has 0 aliphatic rings. The lowest BCUT2D eigenvalue weighted by molar-refractivity contribution is -0.120. The van der Waals surface area contributed by atoms with Gasteiger partial charge in [-0.05, 0) is 43.2 Å². The van der Waals surface area contributed by atoms with E-state index in [4.69, 9.17) is 16.3 Å². The zero-order valence-electron chi connectivity index (χ0n) is 18.2. The minimum absolute atomic E-state index is 0.0152. The van der Waals surface area contributed by atoms with Crippen LogP contribution in [-0.2, 0) is 4.79 Å². The number of nitrogens with one attached hydrogen (secondary N) is 1. The Kier molecular flexibility index (Phi) is 7.12. The minimum atomic E-state index is -0.988. The van der Waals surface area contributed by atoms with E-state index in [9.17, 15) is 14.9 Å². The number of carbonyl (C=O) groups excluding carboxylic acids is 1. The number of nitrogens with zero attached hydrogens (tertiary/aromatic N) is 3. The number of benzene rings is 2. The molecule has 0 spiro atoms. The molecule has 0 fully saturated rings. The fourth-order valence-corrected chi connectivity index (χ4v) is 4.05. The maximum Gasteiger partial charge on any atom is 0.266 e. The van der Waals surface area contributed by atoms with Crippen LogP contribution >= 0.6 is 23.4 Å². The third-order valence-corrected chi connectivity index (χ3v) is 6.49. The molecule has 1 N–H and O–H groups in total. The van der Waals surface area contributed by atoms with E-state index in [0.29, 0.717) is 32.5 Å². The Morgan fingerprint density at radius 2 is 2.06 bits per heavy atom. The second-order valence-electron chi connectivity index (χ2n) is 7.68. The number of aromatic nitrogens is 2. The predicted octanol–water partition coefficient (Wildman–Crippen LogP) is 4.19. The second-order valence-corrected chi connectivity index (χ2v) is 9.03. The number of para-hydroxylation sites is 1. The van der Waals surface area contributed by atoms with Crippen LogP contribution in [0.1, 0.15) is 20.8 Å². The molecule has 0 unspecified atom stereocenters. The van der Waals surface area contributed by atoms with Gasteiger partial charge in [0.25, 0.3) is 5.56 Å². The van der Waals surface area contributed by atoms with Gasteiger partial charge in [-0.25, -0.2) is 4.98 Å². The summed E-state index contributed by atoms with van der Waals surface area (Å²) in [6.45, 7) is 5.42. The molecule has 166 valence electrons. The van der Waals surface area contributed by atoms with Gasteiger partial charge in [0.2, 0.25) is 5.91 Å². The molecule has 0 bridgehead atoms. The Hall–Kier alpha value is -3.02. The van der Waals surface area contributed by atoms with Gasteiger partial charge in [-0.15, -0.1) is 0 Å². The number of rotatable bonds is 7. The standard InChI is InChI=1S/C23H23ClN4O3S/c1-14(2)23(3,13-25)27-20(29)12-32-22-26-18-8-6-5-7-16(18)21(30)28(22)15-9-10-19(31-4)17(24)11-15/h5-11,14H,12H2,1-4H3,(H,27,29)/t23-/m0/s1. The third kappa shape index (κ3) is 4.74. The van der Waals surface area contributed by atoms with E-state index in [1.165, 1.54) is 11.7 Å². The number of methoxy groups -OCH3 is 1. The van der Waals surface area contributed by atoms with Crippen LogP contribution in [0, 0.1) is 17.2 Å². The molecule has 1 heterocycles. The normalized spacial score (nSPS) is 12.9. The molecule has 0 radical (unpaired) electrons. The van der Waals surface area contributed by atoms with Crippen LogP contribution in [0.15, 0.2) is 52.4 Å². The van der Waals surface area contributed by atoms with Crippen LogP contribution < -0.4 is 15.6 Å². The Morgan fingerprint density at radius 3 is 2.69 bits per heavy atom. The van der Waals surface area contributed by atoms with Crippen molar-refractivity contribution in [3.05, 3.63) is 57.8 Å². The molecule has 2 aromatic carbocycles. The molecule has 32 heavy (non-hydrogen) atoms. The van der Waals surface area contributed by atoms with Crippen molar-refractivity contribution in [3.8, 4) is 17.5 Å². The molecule has 0 aliphatic carbocycles. The van der Waals surface area contributed by atoms with Gasteiger partial charge in [0.15, 0.2) is 5.16 Å². The summed E-state index contributed by atoms with van der Waals surface area (Å²) in [5, 5.41) is 13.4. The number of nitriles is 1. The van der Waals surface area contributed by atoms with Gasteiger partial charge < -0.3 is 10.1 Å². The molecular formula is C23H23ClN4O3S. The van der Waals surface area contributed by atoms with Crippen LogP contribution in [0.3, 0.4) is 0 Å². The molecule has 0 aliphatic heterocycles. The van der Waals surface area contributed by atoms with E-state index in [2.05, 4.69) is 16.4 Å². The van der Waals surface area contributed by atoms with Crippen LogP contribution in [0.2, 0.25) is 5.02 Å². The lowest BCUT2D eigenvalue weighted by Gasteiger charge is -2.27. The molecule has 3 rings (SSSR count). The smallest absolute Gasteiger partial charge is 0.266 e. The molecule has 1 atom stereocenters. The van der Waals surface area contributed by atoms with Crippen molar-refractivity contribution in [2.75, 3.05) is 12.9 Å². The van der Waals surface area contributed by atoms with Gasteiger partial charge in [0.1, 0.15) is 11.3 Å². The maximum atomic E-state index is 13.3. The summed E-state index contributed by atoms with van der Waals surface area (Å²) in [4.78, 5) is 30.5. The topological polar surface area (TPSA) is 97.0 Å². The fourth-order valence-electron chi connectivity index (χ4n) is 2.99. The molecule has 0 saturated carbocycles. The Labute approximate surface area is 195 Å². The zero-order valence-corrected chi connectivity index (χ0v) is 19.8. The van der Waals surface area contributed by atoms with Gasteiger partial charge in [0.05, 0.1) is 40.5 Å². The largest absolute Gasteiger partial charge is 0.495 e. The van der Waals surface area contributed by atoms with Crippen molar-refractivity contribution in [1.29, 1.82) is 5.26 Å². The maximum absolute atomic E-state index is 13.3. The Bertz CT molecular complexity index is 1270. The summed E-state index contributed by atoms with van der Waals surface area (Å²) in [6.07, 6.45) is 0. The highest BCUT2D eigenvalue weighted by molar-refractivity contribution is 7.99. The van der Waals surface area contributed by atoms with E-state index < -0.39 is 5.54 Å². The van der Waals surface area contributed by atoms with Gasteiger partial charge in [0, 0.05) is 0 Å². The summed E-state index contributed by atoms with van der Waals surface area (Å²) < 4.78 is 6.63. The quantitative estimate of drug-likeness (QED) is 0.410. The number of halogens is 1. The van der Waals surface area contributed by atoms with Crippen LogP contribution in [0.4, 0.5) is 0 Å². The number of amides is 1. The summed E-state index contributed by atoms with van der Waals surface area (Å²) in [6, 6.07) is 14.2. The minimum Gasteiger partial charge on any atom is -0.495 e. The Balaban J connectivity index is 2.02. The van der Waals surface area contributed by atoms with Crippen LogP contribution in [0.25, 0.3) is 16.6 Å². The third-order valence-electron chi connectivity index (χ3n) is 5.26. The molecule has 0 saturated heterocycles. The number of hydrogen-bond donors (Lipinski definition) is 1. The first-order valence-electron chi connectivity index (χ1n) is 9.91. The lowest BCUT2D eigenvalue weighted by Crippen LogP contribution is -2.49. The zero-order chi connectivity index (χ0) is 23.5. The summed E-state index contributed by atoms with van der Waals surface area (Å²) in [5.74, 6) is 0.0724. The monoisotopic (exact) mass is 470 g/mol. The molecule has 7 nitrogen and oxygen atoms in total. The van der Waals surface area contributed by atoms with Crippen molar-refractivity contribution in [1.82, 2.24) is 14.9 Å². The predicted molar refractivity (Wildman–Crippen MR) is 127 cm³/mol. The van der Waals surface area contributed by atoms with Gasteiger partial charge in [-0.3, -0.25) is 14.2 Å². The number of ether oxygens (including phenoxy) is 1. The van der Waals surface area contributed by atoms with Crippen molar-refractivity contribution in [2.24, 2.45) is 5.92 Å². The molecule has 3 aromatic rings. The second kappa shape index (κ2) is 9.63. The average molecular weight is 471 g/mol. The van der Waals surface area contributed by atoms with Crippen molar-refractivity contribution in [2.45, 2.75) is 31.5 Å². The van der Waals surface area contributed by atoms with Crippen molar-refractivity contribution < 1.29 is 9.53 Å². The number of carbonyl (C=O) groups is 1. The molecule has 1 aromatic heterocycles. The van der Waals surface area contributed by atoms with Crippen LogP contribution in [0.5, 0.6) is 5.75 Å². The van der Waals surface area contributed by atoms with Gasteiger partial charge in [-0.2, -0.15) is 5.26 Å². The van der Waals surface area contributed by atoms with Crippen molar-refractivity contribution in [3.63, 3.8) is 0 Å². The first-order valence-corrected chi connectivity index (χ1v) is 11.3. The first-order chi connectivity index (χ1) is 15.2. The van der Waals surface area contributed by atoms with Gasteiger partial charge >= 0.3 is 0 Å². The van der Waals surface area contributed by atoms with Gasteiger partial charge in [-0.1, -0.05) is 49.3 Å². The van der Waals surface area contributed by atoms with E-state index >= 15 is 0 Å². The molecule has 1 amide bonds.